The Kier molecular flexibility index (Phi) is 7.22. The molecule has 0 saturated carbocycles. The average Bonchev–Trinajstić information content (AvgIpc) is 3.06. The summed E-state index contributed by atoms with van der Waals surface area (Å²) in [6.45, 7) is 8.00. The van der Waals surface area contributed by atoms with E-state index in [0.29, 0.717) is 38.6 Å². The minimum absolute atomic E-state index is 0.0940. The van der Waals surface area contributed by atoms with Crippen LogP contribution in [0.15, 0.2) is 23.4 Å². The van der Waals surface area contributed by atoms with Crippen molar-refractivity contribution < 1.29 is 4.79 Å². The summed E-state index contributed by atoms with van der Waals surface area (Å²) in [5.41, 5.74) is 0.454. The molecule has 0 unspecified atom stereocenters. The summed E-state index contributed by atoms with van der Waals surface area (Å²) in [5.74, 6) is 1.23. The largest absolute Gasteiger partial charge is 0.353 e. The second-order valence-corrected chi connectivity index (χ2v) is 8.75. The number of halogens is 2. The number of anilines is 3. The Hall–Kier alpha value is -2.30. The van der Waals surface area contributed by atoms with Gasteiger partial charge >= 0.3 is 0 Å². The molecule has 0 aliphatic rings. The molecule has 1 amide bonds. The van der Waals surface area contributed by atoms with Gasteiger partial charge in [0.15, 0.2) is 5.16 Å². The van der Waals surface area contributed by atoms with Gasteiger partial charge in [0, 0.05) is 12.1 Å². The summed E-state index contributed by atoms with van der Waals surface area (Å²) in [6.07, 6.45) is 0. The van der Waals surface area contributed by atoms with Gasteiger partial charge in [-0.3, -0.25) is 4.79 Å². The number of carbonyl (C=O) groups excluding carboxylic acids is 1. The first kappa shape index (κ1) is 22.4. The van der Waals surface area contributed by atoms with Gasteiger partial charge in [-0.05, 0) is 39.8 Å². The highest BCUT2D eigenvalue weighted by Crippen LogP contribution is 2.30. The molecule has 0 spiro atoms. The molecule has 0 fully saturated rings. The van der Waals surface area contributed by atoms with Crippen LogP contribution in [0.3, 0.4) is 0 Å². The lowest BCUT2D eigenvalue weighted by Crippen LogP contribution is -2.19. The fourth-order valence-electron chi connectivity index (χ4n) is 2.48. The zero-order valence-corrected chi connectivity index (χ0v) is 19.2. The van der Waals surface area contributed by atoms with Gasteiger partial charge in [0.05, 0.1) is 21.5 Å². The Balaban J connectivity index is 1.80. The molecule has 9 nitrogen and oxygen atoms in total. The predicted molar refractivity (Wildman–Crippen MR) is 122 cm³/mol. The molecule has 0 aliphatic heterocycles. The van der Waals surface area contributed by atoms with Crippen LogP contribution < -0.4 is 16.0 Å². The molecule has 0 aliphatic carbocycles. The Labute approximate surface area is 188 Å². The Morgan fingerprint density at radius 2 is 1.83 bits per heavy atom. The molecule has 3 aromatic rings. The van der Waals surface area contributed by atoms with E-state index in [2.05, 4.69) is 36.1 Å². The van der Waals surface area contributed by atoms with E-state index in [-0.39, 0.29) is 23.7 Å². The minimum atomic E-state index is -0.252. The summed E-state index contributed by atoms with van der Waals surface area (Å²) in [5, 5.41) is 18.7. The SMILES string of the molecule is CC(C)Nc1nc(NC(C)C)n2c(SCC(=O)Nc3cccc(Cl)c3Cl)nnc2n1. The van der Waals surface area contributed by atoms with Gasteiger partial charge in [-0.25, -0.2) is 4.40 Å². The standard InChI is InChI=1S/C18H22Cl2N8OS/c1-9(2)21-15-24-16(22-10(3)4)28-17(25-15)26-27-18(28)30-8-13(29)23-12-7-5-6-11(19)14(12)20/h5-7,9-10H,8H2,1-4H3,(H,23,29)(H2,21,22,24,25,26). The number of fused-ring (bicyclic) bond motifs is 1. The number of hydrogen-bond donors (Lipinski definition) is 3. The summed E-state index contributed by atoms with van der Waals surface area (Å²) >= 11 is 13.3. The maximum absolute atomic E-state index is 12.4. The number of rotatable bonds is 8. The van der Waals surface area contributed by atoms with Crippen molar-refractivity contribution in [3.63, 3.8) is 0 Å². The number of hydrogen-bond acceptors (Lipinski definition) is 8. The first-order valence-corrected chi connectivity index (χ1v) is 11.0. The van der Waals surface area contributed by atoms with Crippen LogP contribution in [-0.4, -0.2) is 48.3 Å². The summed E-state index contributed by atoms with van der Waals surface area (Å²) in [4.78, 5) is 21.3. The van der Waals surface area contributed by atoms with E-state index in [9.17, 15) is 4.79 Å². The maximum atomic E-state index is 12.4. The molecule has 1 aromatic carbocycles. The van der Waals surface area contributed by atoms with Crippen molar-refractivity contribution in [1.29, 1.82) is 0 Å². The van der Waals surface area contributed by atoms with Crippen LogP contribution in [-0.2, 0) is 4.79 Å². The molecule has 30 heavy (non-hydrogen) atoms. The number of amides is 1. The van der Waals surface area contributed by atoms with Gasteiger partial charge in [-0.1, -0.05) is 41.0 Å². The van der Waals surface area contributed by atoms with Crippen molar-refractivity contribution in [2.45, 2.75) is 44.9 Å². The number of nitrogens with zero attached hydrogens (tertiary/aromatic N) is 5. The van der Waals surface area contributed by atoms with Crippen LogP contribution in [0.4, 0.5) is 17.6 Å². The van der Waals surface area contributed by atoms with E-state index >= 15 is 0 Å². The van der Waals surface area contributed by atoms with Crippen LogP contribution >= 0.6 is 35.0 Å². The molecule has 0 saturated heterocycles. The van der Waals surface area contributed by atoms with Crippen LogP contribution in [0, 0.1) is 0 Å². The zero-order valence-electron chi connectivity index (χ0n) is 16.9. The number of benzene rings is 1. The summed E-state index contributed by atoms with van der Waals surface area (Å²) in [7, 11) is 0. The number of nitrogens with one attached hydrogen (secondary N) is 3. The predicted octanol–water partition coefficient (Wildman–Crippen LogP) is 4.20. The van der Waals surface area contributed by atoms with Gasteiger partial charge in [0.2, 0.25) is 17.8 Å². The molecule has 2 aromatic heterocycles. The zero-order chi connectivity index (χ0) is 21.8. The van der Waals surface area contributed by atoms with Gasteiger partial charge in [0.1, 0.15) is 0 Å². The first-order chi connectivity index (χ1) is 14.2. The fourth-order valence-corrected chi connectivity index (χ4v) is 3.55. The third-order valence-electron chi connectivity index (χ3n) is 3.64. The molecule has 3 rings (SSSR count). The van der Waals surface area contributed by atoms with E-state index in [0.717, 1.165) is 0 Å². The minimum Gasteiger partial charge on any atom is -0.353 e. The molecule has 0 bridgehead atoms. The van der Waals surface area contributed by atoms with Crippen molar-refractivity contribution in [1.82, 2.24) is 24.6 Å². The lowest BCUT2D eigenvalue weighted by atomic mass is 10.3. The fraction of sp³-hybridized carbons (Fsp3) is 0.389. The van der Waals surface area contributed by atoms with Gasteiger partial charge in [0.25, 0.3) is 5.78 Å². The van der Waals surface area contributed by atoms with Crippen molar-refractivity contribution in [3.05, 3.63) is 28.2 Å². The Morgan fingerprint density at radius 1 is 1.10 bits per heavy atom. The molecule has 3 N–H and O–H groups in total. The van der Waals surface area contributed by atoms with E-state index in [4.69, 9.17) is 23.2 Å². The molecule has 12 heteroatoms. The summed E-state index contributed by atoms with van der Waals surface area (Å²) in [6, 6.07) is 5.35. The topological polar surface area (TPSA) is 109 Å². The van der Waals surface area contributed by atoms with Crippen molar-refractivity contribution in [2.24, 2.45) is 0 Å². The Morgan fingerprint density at radius 3 is 2.53 bits per heavy atom. The van der Waals surface area contributed by atoms with Gasteiger partial charge in [-0.15, -0.1) is 10.2 Å². The third-order valence-corrected chi connectivity index (χ3v) is 5.39. The van der Waals surface area contributed by atoms with Crippen LogP contribution in [0.5, 0.6) is 0 Å². The highest BCUT2D eigenvalue weighted by atomic mass is 35.5. The van der Waals surface area contributed by atoms with Crippen molar-refractivity contribution >= 4 is 64.2 Å². The molecule has 2 heterocycles. The number of thioether (sulfide) groups is 1. The third kappa shape index (κ3) is 5.44. The number of carbonyl (C=O) groups is 1. The second kappa shape index (κ2) is 9.67. The summed E-state index contributed by atoms with van der Waals surface area (Å²) < 4.78 is 1.69. The first-order valence-electron chi connectivity index (χ1n) is 9.27. The Bertz CT molecular complexity index is 1060. The highest BCUT2D eigenvalue weighted by Gasteiger charge is 2.17. The average molecular weight is 469 g/mol. The molecular weight excluding hydrogens is 447 g/mol. The monoisotopic (exact) mass is 468 g/mol. The van der Waals surface area contributed by atoms with Crippen molar-refractivity contribution in [3.8, 4) is 0 Å². The molecule has 160 valence electrons. The van der Waals surface area contributed by atoms with E-state index < -0.39 is 0 Å². The molecule has 0 atom stereocenters. The second-order valence-electron chi connectivity index (χ2n) is 7.03. The van der Waals surface area contributed by atoms with Crippen LogP contribution in [0.25, 0.3) is 5.78 Å². The van der Waals surface area contributed by atoms with E-state index in [1.165, 1.54) is 11.8 Å². The normalized spacial score (nSPS) is 11.3. The molecular formula is C18H22Cl2N8OS. The van der Waals surface area contributed by atoms with E-state index in [1.807, 2.05) is 27.7 Å². The van der Waals surface area contributed by atoms with E-state index in [1.54, 1.807) is 22.6 Å². The quantitative estimate of drug-likeness (QED) is 0.422. The van der Waals surface area contributed by atoms with Crippen LogP contribution in [0.2, 0.25) is 10.0 Å². The lowest BCUT2D eigenvalue weighted by Gasteiger charge is -2.14. The van der Waals surface area contributed by atoms with Gasteiger partial charge in [-0.2, -0.15) is 9.97 Å². The van der Waals surface area contributed by atoms with Crippen LogP contribution in [0.1, 0.15) is 27.7 Å². The van der Waals surface area contributed by atoms with Gasteiger partial charge < -0.3 is 16.0 Å². The van der Waals surface area contributed by atoms with Crippen molar-refractivity contribution in [2.75, 3.05) is 21.7 Å². The smallest absolute Gasteiger partial charge is 0.261 e. The number of aromatic nitrogens is 5. The maximum Gasteiger partial charge on any atom is 0.261 e. The molecule has 0 radical (unpaired) electrons. The highest BCUT2D eigenvalue weighted by molar-refractivity contribution is 7.99. The lowest BCUT2D eigenvalue weighted by molar-refractivity contribution is -0.113.